The highest BCUT2D eigenvalue weighted by Gasteiger charge is 2.75. The van der Waals surface area contributed by atoms with Crippen molar-refractivity contribution in [3.05, 3.63) is 95.1 Å². The number of hydrogen-bond donors (Lipinski definition) is 1. The Labute approximate surface area is 287 Å². The number of phenols is 1. The van der Waals surface area contributed by atoms with E-state index in [-0.39, 0.29) is 30.4 Å². The summed E-state index contributed by atoms with van der Waals surface area (Å²) in [4.78, 5) is 53.9. The zero-order valence-corrected chi connectivity index (χ0v) is 27.9. The molecule has 3 aromatic rings. The minimum atomic E-state index is -1.86. The van der Waals surface area contributed by atoms with Gasteiger partial charge in [0.25, 0.3) is 11.8 Å². The number of likely N-dealkylation sites (tertiary alicyclic amines) is 1. The molecule has 0 spiro atoms. The number of hydrogen-bond acceptors (Lipinski definition) is 7. The number of phenolic OH excluding ortho intramolecular Hbond substituents is 1. The number of carbonyl (C=O) groups excluding carboxylic acids is 4. The number of nitrogens with zero attached hydrogens (tertiary/aromatic N) is 2. The van der Waals surface area contributed by atoms with Crippen molar-refractivity contribution in [3.63, 3.8) is 0 Å². The molecule has 0 aromatic heterocycles. The van der Waals surface area contributed by atoms with Crippen LogP contribution in [-0.4, -0.2) is 64.7 Å². The van der Waals surface area contributed by atoms with Crippen molar-refractivity contribution >= 4 is 64.7 Å². The molecule has 3 fully saturated rings. The highest BCUT2D eigenvalue weighted by atomic mass is 35.5. The van der Waals surface area contributed by atoms with E-state index in [0.717, 1.165) is 16.0 Å². The summed E-state index contributed by atoms with van der Waals surface area (Å²) < 4.78 is 10.8. The first-order chi connectivity index (χ1) is 22.9. The van der Waals surface area contributed by atoms with E-state index in [1.807, 2.05) is 48.6 Å². The molecule has 2 saturated heterocycles. The summed E-state index contributed by atoms with van der Waals surface area (Å²) in [5, 5.41) is 9.99. The number of alkyl halides is 2. The van der Waals surface area contributed by atoms with Crippen LogP contribution in [0.4, 0.5) is 5.69 Å². The molecule has 0 bridgehead atoms. The van der Waals surface area contributed by atoms with E-state index in [2.05, 4.69) is 0 Å². The minimum Gasteiger partial charge on any atom is -0.508 e. The van der Waals surface area contributed by atoms with Crippen LogP contribution < -0.4 is 14.4 Å². The third-order valence-corrected chi connectivity index (χ3v) is 11.7. The van der Waals surface area contributed by atoms with E-state index in [1.165, 1.54) is 24.1 Å². The van der Waals surface area contributed by atoms with Gasteiger partial charge in [0, 0.05) is 18.5 Å². The molecule has 2 heterocycles. The molecule has 2 aliphatic heterocycles. The molecular formula is C37H32Cl2N2O7. The fraction of sp³-hybridized carbons (Fsp3) is 0.297. The van der Waals surface area contributed by atoms with Gasteiger partial charge in [-0.3, -0.25) is 29.0 Å². The number of amides is 4. The zero-order chi connectivity index (χ0) is 34.1. The Balaban J connectivity index is 1.21. The minimum absolute atomic E-state index is 0.0178. The Morgan fingerprint density at radius 2 is 1.56 bits per heavy atom. The van der Waals surface area contributed by atoms with Crippen LogP contribution in [0.1, 0.15) is 35.4 Å². The van der Waals surface area contributed by atoms with Crippen molar-refractivity contribution in [2.24, 2.45) is 17.8 Å². The van der Waals surface area contributed by atoms with Crippen molar-refractivity contribution in [3.8, 4) is 17.2 Å². The second-order valence-corrected chi connectivity index (χ2v) is 13.9. The molecule has 1 saturated carbocycles. The Kier molecular flexibility index (Phi) is 7.68. The van der Waals surface area contributed by atoms with Gasteiger partial charge in [-0.2, -0.15) is 0 Å². The van der Waals surface area contributed by atoms with Crippen LogP contribution in [0.5, 0.6) is 17.2 Å². The average molecular weight is 688 g/mol. The van der Waals surface area contributed by atoms with Gasteiger partial charge in [-0.25, -0.2) is 0 Å². The van der Waals surface area contributed by atoms with E-state index < -0.39 is 45.2 Å². The predicted molar refractivity (Wildman–Crippen MR) is 181 cm³/mol. The SMILES string of the molecule is COc1ccc(OC)c(C=Cc2ccc(N3C(=O)C4CC=C5C(CC6(Cl)C(=O)N(C)C(=O)C6(Cl)C5c5ccc(O)cc5)C4C3=O)cc2)c1. The number of rotatable bonds is 6. The van der Waals surface area contributed by atoms with Gasteiger partial charge >= 0.3 is 0 Å². The van der Waals surface area contributed by atoms with Gasteiger partial charge in [-0.15, -0.1) is 23.2 Å². The lowest BCUT2D eigenvalue weighted by Gasteiger charge is -2.50. The van der Waals surface area contributed by atoms with Gasteiger partial charge in [-0.1, -0.05) is 48.1 Å². The molecule has 246 valence electrons. The van der Waals surface area contributed by atoms with Crippen LogP contribution in [0.25, 0.3) is 12.2 Å². The first-order valence-electron chi connectivity index (χ1n) is 15.5. The summed E-state index contributed by atoms with van der Waals surface area (Å²) in [6, 6.07) is 18.8. The van der Waals surface area contributed by atoms with Crippen LogP contribution in [0.2, 0.25) is 0 Å². The number of fused-ring (bicyclic) bond motifs is 4. The first-order valence-corrected chi connectivity index (χ1v) is 16.3. The maximum atomic E-state index is 14.3. The fourth-order valence-corrected chi connectivity index (χ4v) is 8.95. The Morgan fingerprint density at radius 3 is 2.23 bits per heavy atom. The molecule has 4 aliphatic rings. The van der Waals surface area contributed by atoms with Gasteiger partial charge in [0.1, 0.15) is 17.2 Å². The van der Waals surface area contributed by atoms with Gasteiger partial charge in [-0.05, 0) is 72.4 Å². The standard InChI is InChI=1S/C37H32Cl2N2O7/c1-40-34(45)36(38)19-28-26(31(37(36,39)35(40)46)21-8-12-24(42)13-9-21)15-16-27-30(28)33(44)41(32(27)43)23-10-5-20(6-11-23)4-7-22-18-25(47-2)14-17-29(22)48-3/h4-15,17-18,27-28,30-31,42H,16,19H2,1-3H3. The van der Waals surface area contributed by atoms with Crippen molar-refractivity contribution in [1.82, 2.24) is 4.90 Å². The molecule has 6 atom stereocenters. The van der Waals surface area contributed by atoms with Crippen molar-refractivity contribution in [2.45, 2.75) is 28.5 Å². The molecule has 1 N–H and O–H groups in total. The summed E-state index contributed by atoms with van der Waals surface area (Å²) in [5.41, 5.74) is 3.36. The van der Waals surface area contributed by atoms with E-state index >= 15 is 0 Å². The predicted octanol–water partition coefficient (Wildman–Crippen LogP) is 5.77. The number of aromatic hydroxyl groups is 1. The quantitative estimate of drug-likeness (QED) is 0.152. The molecule has 0 radical (unpaired) electrons. The van der Waals surface area contributed by atoms with E-state index in [9.17, 15) is 24.3 Å². The zero-order valence-electron chi connectivity index (χ0n) is 26.4. The maximum Gasteiger partial charge on any atom is 0.253 e. The molecule has 9 nitrogen and oxygen atoms in total. The summed E-state index contributed by atoms with van der Waals surface area (Å²) >= 11 is 14.4. The Hall–Kier alpha value is -4.60. The average Bonchev–Trinajstić information content (AvgIpc) is 3.42. The van der Waals surface area contributed by atoms with Crippen molar-refractivity contribution in [2.75, 3.05) is 26.2 Å². The Bertz CT molecular complexity index is 1920. The fourth-order valence-electron chi connectivity index (χ4n) is 7.93. The molecule has 48 heavy (non-hydrogen) atoms. The van der Waals surface area contributed by atoms with Gasteiger partial charge in [0.2, 0.25) is 11.8 Å². The number of carbonyl (C=O) groups is 4. The van der Waals surface area contributed by atoms with E-state index in [4.69, 9.17) is 32.7 Å². The van der Waals surface area contributed by atoms with Gasteiger partial charge in [0.15, 0.2) is 9.75 Å². The van der Waals surface area contributed by atoms with E-state index in [1.54, 1.807) is 38.5 Å². The van der Waals surface area contributed by atoms with Crippen LogP contribution in [-0.2, 0) is 19.2 Å². The molecule has 3 aromatic carbocycles. The Morgan fingerprint density at radius 1 is 0.854 bits per heavy atom. The first kappa shape index (κ1) is 32.0. The number of anilines is 1. The van der Waals surface area contributed by atoms with Crippen LogP contribution >= 0.6 is 23.2 Å². The number of allylic oxidation sites excluding steroid dienone is 2. The van der Waals surface area contributed by atoms with Crippen molar-refractivity contribution < 1.29 is 33.8 Å². The number of methoxy groups -OCH3 is 2. The topological polar surface area (TPSA) is 113 Å². The monoisotopic (exact) mass is 686 g/mol. The number of halogens is 2. The molecule has 11 heteroatoms. The molecular weight excluding hydrogens is 655 g/mol. The maximum absolute atomic E-state index is 14.3. The smallest absolute Gasteiger partial charge is 0.253 e. The van der Waals surface area contributed by atoms with Crippen LogP contribution in [0, 0.1) is 17.8 Å². The van der Waals surface area contributed by atoms with Gasteiger partial charge < -0.3 is 14.6 Å². The summed E-state index contributed by atoms with van der Waals surface area (Å²) in [5.74, 6) is -3.56. The summed E-state index contributed by atoms with van der Waals surface area (Å²) in [7, 11) is 4.54. The largest absolute Gasteiger partial charge is 0.508 e. The third-order valence-electron chi connectivity index (χ3n) is 10.3. The number of ether oxygens (including phenoxy) is 2. The summed E-state index contributed by atoms with van der Waals surface area (Å²) in [6.45, 7) is 0. The lowest BCUT2D eigenvalue weighted by atomic mass is 9.56. The lowest BCUT2D eigenvalue weighted by Crippen LogP contribution is -2.60. The molecule has 4 amide bonds. The number of benzene rings is 3. The highest BCUT2D eigenvalue weighted by Crippen LogP contribution is 2.65. The molecule has 6 unspecified atom stereocenters. The molecule has 2 aliphatic carbocycles. The normalized spacial score (nSPS) is 29.6. The molecule has 7 rings (SSSR count). The summed E-state index contributed by atoms with van der Waals surface area (Å²) in [6.07, 6.45) is 5.85. The van der Waals surface area contributed by atoms with E-state index in [0.29, 0.717) is 28.3 Å². The second-order valence-electron chi connectivity index (χ2n) is 12.6. The van der Waals surface area contributed by atoms with Gasteiger partial charge in [0.05, 0.1) is 31.7 Å². The number of imide groups is 2. The van der Waals surface area contributed by atoms with Crippen molar-refractivity contribution in [1.29, 1.82) is 0 Å². The lowest BCUT2D eigenvalue weighted by molar-refractivity contribution is -0.138. The highest BCUT2D eigenvalue weighted by molar-refractivity contribution is 6.53. The third kappa shape index (κ3) is 4.51. The van der Waals surface area contributed by atoms with Crippen LogP contribution in [0.15, 0.2) is 78.4 Å². The second kappa shape index (κ2) is 11.5. The van der Waals surface area contributed by atoms with Crippen LogP contribution in [0.3, 0.4) is 0 Å².